The molecule has 3 nitrogen and oxygen atoms in total. The summed E-state index contributed by atoms with van der Waals surface area (Å²) in [6.45, 7) is 0. The minimum absolute atomic E-state index is 0.129. The molecule has 0 atom stereocenters. The lowest BCUT2D eigenvalue weighted by atomic mass is 10.1. The molecule has 108 valence electrons. The van der Waals surface area contributed by atoms with E-state index in [-0.39, 0.29) is 12.2 Å². The van der Waals surface area contributed by atoms with E-state index in [1.807, 2.05) is 6.07 Å². The van der Waals surface area contributed by atoms with E-state index >= 15 is 0 Å². The van der Waals surface area contributed by atoms with Crippen molar-refractivity contribution in [2.45, 2.75) is 12.8 Å². The van der Waals surface area contributed by atoms with Gasteiger partial charge in [-0.2, -0.15) is 5.26 Å². The second-order valence-electron chi connectivity index (χ2n) is 4.07. The summed E-state index contributed by atoms with van der Waals surface area (Å²) in [7, 11) is 0. The van der Waals surface area contributed by atoms with Gasteiger partial charge < -0.3 is 4.74 Å². The Balaban J connectivity index is 2.27. The van der Waals surface area contributed by atoms with E-state index in [1.54, 1.807) is 6.07 Å². The van der Waals surface area contributed by atoms with Crippen LogP contribution in [0, 0.1) is 11.3 Å². The van der Waals surface area contributed by atoms with Gasteiger partial charge in [-0.15, -0.1) is 13.2 Å². The summed E-state index contributed by atoms with van der Waals surface area (Å²) in [4.78, 5) is 4.09. The van der Waals surface area contributed by atoms with Gasteiger partial charge in [-0.05, 0) is 35.9 Å². The molecule has 0 bridgehead atoms. The van der Waals surface area contributed by atoms with Crippen LogP contribution in [0.25, 0.3) is 11.3 Å². The van der Waals surface area contributed by atoms with Crippen LogP contribution in [-0.2, 0) is 6.42 Å². The van der Waals surface area contributed by atoms with Gasteiger partial charge in [0.15, 0.2) is 0 Å². The summed E-state index contributed by atoms with van der Waals surface area (Å²) in [5, 5.41) is 9.07. The average Bonchev–Trinajstić information content (AvgIpc) is 2.41. The molecule has 0 N–H and O–H groups in total. The molecule has 0 spiro atoms. The van der Waals surface area contributed by atoms with Crippen molar-refractivity contribution in [3.63, 3.8) is 0 Å². The first kappa shape index (κ1) is 15.1. The Morgan fingerprint density at radius 3 is 2.48 bits per heavy atom. The van der Waals surface area contributed by atoms with Crippen LogP contribution in [0.2, 0.25) is 5.02 Å². The normalized spacial score (nSPS) is 11.0. The summed E-state index contributed by atoms with van der Waals surface area (Å²) >= 11 is 5.90. The standard InChI is InChI=1S/C14H8ClF3N2O/c15-12-8-20-13(7-10(12)5-6-19)9-1-3-11(4-2-9)21-14(16,17)18/h1-4,7-8H,5H2. The monoisotopic (exact) mass is 312 g/mol. The van der Waals surface area contributed by atoms with Crippen LogP contribution < -0.4 is 4.74 Å². The predicted octanol–water partition coefficient (Wildman–Crippen LogP) is 4.37. The maximum Gasteiger partial charge on any atom is 0.573 e. The lowest BCUT2D eigenvalue weighted by Gasteiger charge is -2.09. The quantitative estimate of drug-likeness (QED) is 0.845. The van der Waals surface area contributed by atoms with Crippen molar-refractivity contribution < 1.29 is 17.9 Å². The average molecular weight is 313 g/mol. The highest BCUT2D eigenvalue weighted by Crippen LogP contribution is 2.27. The third-order valence-electron chi connectivity index (χ3n) is 2.59. The summed E-state index contributed by atoms with van der Waals surface area (Å²) in [5.74, 6) is -0.308. The number of ether oxygens (including phenoxy) is 1. The first-order valence-electron chi connectivity index (χ1n) is 5.76. The maximum atomic E-state index is 12.1. The molecule has 2 rings (SSSR count). The molecule has 0 saturated heterocycles. The van der Waals surface area contributed by atoms with Gasteiger partial charge >= 0.3 is 6.36 Å². The molecule has 1 heterocycles. The number of aromatic nitrogens is 1. The summed E-state index contributed by atoms with van der Waals surface area (Å²) in [6, 6.07) is 8.91. The van der Waals surface area contributed by atoms with Crippen LogP contribution in [-0.4, -0.2) is 11.3 Å². The van der Waals surface area contributed by atoms with E-state index in [0.717, 1.165) is 0 Å². The number of pyridine rings is 1. The fraction of sp³-hybridized carbons (Fsp3) is 0.143. The Bertz CT molecular complexity index is 678. The molecular formula is C14H8ClF3N2O. The van der Waals surface area contributed by atoms with Crippen molar-refractivity contribution in [2.24, 2.45) is 0 Å². The van der Waals surface area contributed by atoms with E-state index in [4.69, 9.17) is 16.9 Å². The first-order chi connectivity index (χ1) is 9.89. The van der Waals surface area contributed by atoms with Crippen molar-refractivity contribution in [3.8, 4) is 23.1 Å². The fourth-order valence-corrected chi connectivity index (χ4v) is 1.86. The molecule has 0 radical (unpaired) electrons. The van der Waals surface area contributed by atoms with Crippen LogP contribution in [0.5, 0.6) is 5.75 Å². The van der Waals surface area contributed by atoms with Crippen LogP contribution in [0.3, 0.4) is 0 Å². The summed E-state index contributed by atoms with van der Waals surface area (Å²) in [5.41, 5.74) is 1.73. The summed E-state index contributed by atoms with van der Waals surface area (Å²) < 4.78 is 40.0. The van der Waals surface area contributed by atoms with Gasteiger partial charge in [-0.1, -0.05) is 11.6 Å². The molecule has 0 aliphatic rings. The molecule has 0 amide bonds. The van der Waals surface area contributed by atoms with Crippen molar-refractivity contribution in [1.29, 1.82) is 5.26 Å². The Hall–Kier alpha value is -2.26. The van der Waals surface area contributed by atoms with E-state index in [0.29, 0.717) is 21.8 Å². The van der Waals surface area contributed by atoms with Crippen LogP contribution in [0.1, 0.15) is 5.56 Å². The zero-order valence-corrected chi connectivity index (χ0v) is 11.2. The van der Waals surface area contributed by atoms with Crippen LogP contribution in [0.15, 0.2) is 36.5 Å². The molecular weight excluding hydrogens is 305 g/mol. The number of benzene rings is 1. The van der Waals surface area contributed by atoms with E-state index in [2.05, 4.69) is 9.72 Å². The highest BCUT2D eigenvalue weighted by Gasteiger charge is 2.30. The fourth-order valence-electron chi connectivity index (χ4n) is 1.69. The summed E-state index contributed by atoms with van der Waals surface area (Å²) in [6.07, 6.45) is -3.19. The largest absolute Gasteiger partial charge is 0.573 e. The molecule has 21 heavy (non-hydrogen) atoms. The third-order valence-corrected chi connectivity index (χ3v) is 2.93. The topological polar surface area (TPSA) is 45.9 Å². The van der Waals surface area contributed by atoms with Crippen molar-refractivity contribution in [3.05, 3.63) is 47.1 Å². The number of rotatable bonds is 3. The van der Waals surface area contributed by atoms with E-state index < -0.39 is 6.36 Å². The molecule has 1 aromatic carbocycles. The molecule has 0 aliphatic heterocycles. The number of halogens is 4. The van der Waals surface area contributed by atoms with Crippen molar-refractivity contribution in [1.82, 2.24) is 4.98 Å². The Morgan fingerprint density at radius 2 is 1.90 bits per heavy atom. The number of alkyl halides is 3. The van der Waals surface area contributed by atoms with Gasteiger partial charge in [-0.3, -0.25) is 4.98 Å². The second-order valence-corrected chi connectivity index (χ2v) is 4.48. The Kier molecular flexibility index (Phi) is 4.34. The second kappa shape index (κ2) is 6.02. The van der Waals surface area contributed by atoms with Gasteiger partial charge in [0.1, 0.15) is 5.75 Å². The maximum absolute atomic E-state index is 12.1. The van der Waals surface area contributed by atoms with Crippen LogP contribution >= 0.6 is 11.6 Å². The molecule has 0 saturated carbocycles. The van der Waals surface area contributed by atoms with Gasteiger partial charge in [0.05, 0.1) is 23.2 Å². The number of nitrogens with zero attached hydrogens (tertiary/aromatic N) is 2. The SMILES string of the molecule is N#CCc1cc(-c2ccc(OC(F)(F)F)cc2)ncc1Cl. The third kappa shape index (κ3) is 4.10. The van der Waals surface area contributed by atoms with Crippen molar-refractivity contribution >= 4 is 11.6 Å². The molecule has 7 heteroatoms. The zero-order valence-electron chi connectivity index (χ0n) is 10.5. The molecule has 0 fully saturated rings. The van der Waals surface area contributed by atoms with Crippen molar-refractivity contribution in [2.75, 3.05) is 0 Å². The number of hydrogen-bond donors (Lipinski definition) is 0. The zero-order chi connectivity index (χ0) is 15.5. The van der Waals surface area contributed by atoms with Gasteiger partial charge in [0.25, 0.3) is 0 Å². The minimum atomic E-state index is -4.72. The van der Waals surface area contributed by atoms with Gasteiger partial charge in [0.2, 0.25) is 0 Å². The first-order valence-corrected chi connectivity index (χ1v) is 6.14. The van der Waals surface area contributed by atoms with E-state index in [9.17, 15) is 13.2 Å². The van der Waals surface area contributed by atoms with Gasteiger partial charge in [0, 0.05) is 11.8 Å². The lowest BCUT2D eigenvalue weighted by Crippen LogP contribution is -2.16. The smallest absolute Gasteiger partial charge is 0.406 e. The highest BCUT2D eigenvalue weighted by atomic mass is 35.5. The highest BCUT2D eigenvalue weighted by molar-refractivity contribution is 6.31. The molecule has 0 unspecified atom stereocenters. The Labute approximate surface area is 123 Å². The number of nitriles is 1. The van der Waals surface area contributed by atoms with Gasteiger partial charge in [-0.25, -0.2) is 0 Å². The molecule has 2 aromatic rings. The van der Waals surface area contributed by atoms with Crippen LogP contribution in [0.4, 0.5) is 13.2 Å². The molecule has 1 aromatic heterocycles. The van der Waals surface area contributed by atoms with E-state index in [1.165, 1.54) is 30.5 Å². The predicted molar refractivity (Wildman–Crippen MR) is 70.7 cm³/mol. The number of hydrogen-bond acceptors (Lipinski definition) is 3. The minimum Gasteiger partial charge on any atom is -0.406 e. The Morgan fingerprint density at radius 1 is 1.24 bits per heavy atom. The lowest BCUT2D eigenvalue weighted by molar-refractivity contribution is -0.274. The molecule has 0 aliphatic carbocycles.